The second-order valence-electron chi connectivity index (χ2n) is 12.6. The van der Waals surface area contributed by atoms with E-state index in [9.17, 15) is 29.7 Å². The summed E-state index contributed by atoms with van der Waals surface area (Å²) in [6.45, 7) is 9.81. The van der Waals surface area contributed by atoms with Gasteiger partial charge in [0, 0.05) is 31.1 Å². The Bertz CT molecular complexity index is 662. The lowest BCUT2D eigenvalue weighted by Gasteiger charge is -2.41. The van der Waals surface area contributed by atoms with Crippen LogP contribution in [-0.4, -0.2) is 58.8 Å². The summed E-state index contributed by atoms with van der Waals surface area (Å²) in [5.74, 6) is -4.31. The monoisotopic (exact) mass is 581 g/mol. The van der Waals surface area contributed by atoms with Gasteiger partial charge in [0.1, 0.15) is 0 Å². The molecule has 0 spiro atoms. The highest BCUT2D eigenvalue weighted by molar-refractivity contribution is 5.69. The molecule has 3 atom stereocenters. The summed E-state index contributed by atoms with van der Waals surface area (Å²) in [5.41, 5.74) is 0. The molecule has 3 unspecified atom stereocenters. The van der Waals surface area contributed by atoms with Crippen LogP contribution in [0.2, 0.25) is 0 Å². The zero-order valence-electron chi connectivity index (χ0n) is 26.9. The van der Waals surface area contributed by atoms with Gasteiger partial charge in [-0.25, -0.2) is 0 Å². The maximum atomic E-state index is 11.5. The van der Waals surface area contributed by atoms with Gasteiger partial charge in [-0.2, -0.15) is 0 Å². The first-order valence-electron chi connectivity index (χ1n) is 16.7. The number of carbonyl (C=O) groups excluding carboxylic acids is 1. The van der Waals surface area contributed by atoms with Crippen molar-refractivity contribution in [2.75, 3.05) is 26.2 Å². The van der Waals surface area contributed by atoms with Crippen molar-refractivity contribution in [1.82, 2.24) is 0 Å². The number of carbonyl (C=O) groups is 3. The molecule has 0 fully saturated rings. The molecular formula is C34H63NO6. The van der Waals surface area contributed by atoms with Crippen LogP contribution in [0, 0.1) is 17.8 Å². The van der Waals surface area contributed by atoms with Crippen molar-refractivity contribution in [1.29, 1.82) is 0 Å². The minimum absolute atomic E-state index is 0.446. The van der Waals surface area contributed by atoms with Crippen molar-refractivity contribution >= 4 is 17.9 Å². The lowest BCUT2D eigenvalue weighted by molar-refractivity contribution is -0.929. The number of aliphatic carboxylic acids is 3. The zero-order chi connectivity index (χ0) is 30.9. The second kappa shape index (κ2) is 24.7. The smallest absolute Gasteiger partial charge is 0.306 e. The molecule has 41 heavy (non-hydrogen) atoms. The van der Waals surface area contributed by atoms with Crippen LogP contribution in [0.4, 0.5) is 0 Å². The van der Waals surface area contributed by atoms with Gasteiger partial charge in [-0.3, -0.25) is 9.59 Å². The van der Waals surface area contributed by atoms with E-state index >= 15 is 0 Å². The van der Waals surface area contributed by atoms with Crippen molar-refractivity contribution in [3.63, 3.8) is 0 Å². The van der Waals surface area contributed by atoms with E-state index < -0.39 is 35.7 Å². The molecule has 0 bridgehead atoms. The van der Waals surface area contributed by atoms with Gasteiger partial charge >= 0.3 is 11.9 Å². The number of quaternary nitrogens is 1. The van der Waals surface area contributed by atoms with Crippen LogP contribution in [-0.2, 0) is 14.4 Å². The van der Waals surface area contributed by atoms with E-state index in [4.69, 9.17) is 0 Å². The molecule has 0 radical (unpaired) electrons. The fourth-order valence-corrected chi connectivity index (χ4v) is 5.44. The molecule has 0 heterocycles. The minimum atomic E-state index is -1.07. The van der Waals surface area contributed by atoms with Crippen molar-refractivity contribution in [3.05, 3.63) is 12.2 Å². The number of hydrogen-bond donors (Lipinski definition) is 2. The Labute approximate surface area is 251 Å². The van der Waals surface area contributed by atoms with Crippen molar-refractivity contribution < 1.29 is 34.2 Å². The largest absolute Gasteiger partial charge is 0.550 e. The molecule has 0 saturated heterocycles. The summed E-state index contributed by atoms with van der Waals surface area (Å²) in [4.78, 5) is 34.3. The number of hydrogen-bond acceptors (Lipinski definition) is 4. The van der Waals surface area contributed by atoms with Crippen LogP contribution in [0.25, 0.3) is 0 Å². The van der Waals surface area contributed by atoms with Gasteiger partial charge in [-0.15, -0.1) is 0 Å². The van der Waals surface area contributed by atoms with Gasteiger partial charge < -0.3 is 24.6 Å². The molecule has 0 rings (SSSR count). The summed E-state index contributed by atoms with van der Waals surface area (Å²) >= 11 is 0. The molecule has 0 aliphatic carbocycles. The molecule has 0 aromatic heterocycles. The van der Waals surface area contributed by atoms with Crippen LogP contribution in [0.1, 0.15) is 143 Å². The summed E-state index contributed by atoms with van der Waals surface area (Å²) < 4.78 is 0.586. The molecule has 0 aromatic carbocycles. The first kappa shape index (κ1) is 39.1. The molecule has 2 N–H and O–H groups in total. The number of unbranched alkanes of at least 4 members (excludes halogenated alkanes) is 14. The number of allylic oxidation sites excluding steroid dienone is 2. The normalized spacial score (nSPS) is 15.4. The Morgan fingerprint density at radius 1 is 0.585 bits per heavy atom. The fourth-order valence-electron chi connectivity index (χ4n) is 5.44. The van der Waals surface area contributed by atoms with E-state index in [2.05, 4.69) is 19.1 Å². The summed E-state index contributed by atoms with van der Waals surface area (Å²) in [6.07, 6.45) is 24.9. The van der Waals surface area contributed by atoms with Gasteiger partial charge in [0.05, 0.1) is 38.0 Å². The van der Waals surface area contributed by atoms with Crippen LogP contribution in [0.5, 0.6) is 0 Å². The molecule has 0 aromatic rings. The Morgan fingerprint density at radius 3 is 1.27 bits per heavy atom. The van der Waals surface area contributed by atoms with Crippen molar-refractivity contribution in [3.8, 4) is 0 Å². The van der Waals surface area contributed by atoms with E-state index in [-0.39, 0.29) is 0 Å². The highest BCUT2D eigenvalue weighted by atomic mass is 16.4. The van der Waals surface area contributed by atoms with Gasteiger partial charge in [0.15, 0.2) is 0 Å². The van der Waals surface area contributed by atoms with Crippen molar-refractivity contribution in [2.45, 2.75) is 143 Å². The lowest BCUT2D eigenvalue weighted by atomic mass is 10.0. The van der Waals surface area contributed by atoms with Crippen molar-refractivity contribution in [2.24, 2.45) is 17.8 Å². The van der Waals surface area contributed by atoms with Crippen LogP contribution < -0.4 is 5.11 Å². The fraction of sp³-hybridized carbons (Fsp3) is 0.853. The topological polar surface area (TPSA) is 115 Å². The van der Waals surface area contributed by atoms with E-state index in [1.165, 1.54) is 83.5 Å². The predicted octanol–water partition coefficient (Wildman–Crippen LogP) is 7.23. The predicted molar refractivity (Wildman–Crippen MR) is 165 cm³/mol. The van der Waals surface area contributed by atoms with E-state index in [1.54, 1.807) is 20.8 Å². The standard InChI is InChI=1S/C34H63NO6/c1-5-6-7-8-9-10-11-12-13-14-15-16-17-18-19-20-21-25-35(26-22-29(2)32(36)37,27-23-30(3)33(38)39)28-24-31(4)34(40)41/h5-6,29-31H,7-28H2,1-4H3,(H2-,36,37,38,39,40,41)/b6-5+. The number of carboxylic acids is 3. The number of rotatable bonds is 29. The quantitative estimate of drug-likeness (QED) is 0.0547. The first-order valence-corrected chi connectivity index (χ1v) is 16.7. The number of nitrogens with zero attached hydrogens (tertiary/aromatic N) is 1. The van der Waals surface area contributed by atoms with Crippen LogP contribution in [0.15, 0.2) is 12.2 Å². The molecule has 7 heteroatoms. The molecular weight excluding hydrogens is 518 g/mol. The van der Waals surface area contributed by atoms with Gasteiger partial charge in [0.2, 0.25) is 0 Å². The Morgan fingerprint density at radius 2 is 0.927 bits per heavy atom. The lowest BCUT2D eigenvalue weighted by Crippen LogP contribution is -2.52. The summed E-state index contributed by atoms with van der Waals surface area (Å²) in [5, 5.41) is 30.2. The molecule has 0 aliphatic heterocycles. The second-order valence-corrected chi connectivity index (χ2v) is 12.6. The summed E-state index contributed by atoms with van der Waals surface area (Å²) in [6, 6.07) is 0. The Hall–Kier alpha value is -1.89. The maximum Gasteiger partial charge on any atom is 0.306 e. The highest BCUT2D eigenvalue weighted by Gasteiger charge is 2.30. The molecule has 0 amide bonds. The molecule has 240 valence electrons. The minimum Gasteiger partial charge on any atom is -0.550 e. The summed E-state index contributed by atoms with van der Waals surface area (Å²) in [7, 11) is 0. The van der Waals surface area contributed by atoms with E-state index in [0.29, 0.717) is 43.4 Å². The van der Waals surface area contributed by atoms with Crippen LogP contribution in [0.3, 0.4) is 0 Å². The Kier molecular flexibility index (Phi) is 23.5. The number of carboxylic acid groups (broad SMARTS) is 3. The average molecular weight is 582 g/mol. The van der Waals surface area contributed by atoms with Gasteiger partial charge in [-0.1, -0.05) is 104 Å². The molecule has 0 saturated carbocycles. The first-order chi connectivity index (χ1) is 19.5. The van der Waals surface area contributed by atoms with E-state index in [1.807, 2.05) is 0 Å². The maximum absolute atomic E-state index is 11.5. The van der Waals surface area contributed by atoms with Gasteiger partial charge in [-0.05, 0) is 32.6 Å². The average Bonchev–Trinajstić information content (AvgIpc) is 2.94. The third kappa shape index (κ3) is 21.5. The molecule has 0 aliphatic rings. The zero-order valence-corrected chi connectivity index (χ0v) is 26.9. The van der Waals surface area contributed by atoms with Crippen LogP contribution >= 0.6 is 0 Å². The highest BCUT2D eigenvalue weighted by Crippen LogP contribution is 2.22. The van der Waals surface area contributed by atoms with Gasteiger partial charge in [0.25, 0.3) is 0 Å². The Balaban J connectivity index is 4.54. The molecule has 7 nitrogen and oxygen atoms in total. The van der Waals surface area contributed by atoms with E-state index in [0.717, 1.165) is 19.4 Å². The third-order valence-electron chi connectivity index (χ3n) is 8.84. The third-order valence-corrected chi connectivity index (χ3v) is 8.84. The SMILES string of the molecule is C/C=C/CCCCCCCCCCCCCCCC[N+](CCC(C)C(=O)[O-])(CCC(C)C(=O)O)CCC(C)C(=O)O.